The zero-order valence-electron chi connectivity index (χ0n) is 33.3. The summed E-state index contributed by atoms with van der Waals surface area (Å²) in [5, 5.41) is 0. The third kappa shape index (κ3) is 5.31. The molecule has 0 fully saturated rings. The third-order valence-electron chi connectivity index (χ3n) is 13.0. The Kier molecular flexibility index (Phi) is 8.13. The van der Waals surface area contributed by atoms with Crippen LogP contribution in [0.2, 0.25) is 0 Å². The highest BCUT2D eigenvalue weighted by Gasteiger charge is 2.47. The first kappa shape index (κ1) is 35.0. The first-order valence-electron chi connectivity index (χ1n) is 20.7. The van der Waals surface area contributed by atoms with E-state index in [9.17, 15) is 0 Å². The molecule has 9 aromatic carbocycles. The molecule has 9 aromatic rings. The van der Waals surface area contributed by atoms with Gasteiger partial charge in [0.1, 0.15) is 0 Å². The van der Waals surface area contributed by atoms with Crippen LogP contribution in [0, 0.1) is 0 Å². The van der Waals surface area contributed by atoms with E-state index < -0.39 is 5.41 Å². The Labute approximate surface area is 347 Å². The number of anilines is 3. The predicted molar refractivity (Wildman–Crippen MR) is 247 cm³/mol. The SMILES string of the molecule is CC1(C)c2ccccc2-c2ccc(N(c3cccc(-c4ccccc4-c4ccccc4)c3)c3cccc4c3-c3ccccc3C4(c3ccccc3)c3ccccc3)cc21. The lowest BCUT2D eigenvalue weighted by Crippen LogP contribution is -2.28. The summed E-state index contributed by atoms with van der Waals surface area (Å²) < 4.78 is 0. The molecule has 0 saturated heterocycles. The molecule has 0 atom stereocenters. The molecule has 0 N–H and O–H groups in total. The molecule has 1 nitrogen and oxygen atoms in total. The Morgan fingerprint density at radius 1 is 0.322 bits per heavy atom. The quantitative estimate of drug-likeness (QED) is 0.157. The van der Waals surface area contributed by atoms with Crippen LogP contribution in [0.4, 0.5) is 17.1 Å². The van der Waals surface area contributed by atoms with Crippen molar-refractivity contribution in [3.05, 3.63) is 258 Å². The molecule has 0 unspecified atom stereocenters. The Morgan fingerprint density at radius 2 is 0.814 bits per heavy atom. The van der Waals surface area contributed by atoms with Crippen molar-refractivity contribution < 1.29 is 0 Å². The molecule has 0 radical (unpaired) electrons. The predicted octanol–water partition coefficient (Wildman–Crippen LogP) is 15.2. The normalized spacial score (nSPS) is 13.9. The first-order chi connectivity index (χ1) is 29.0. The number of hydrogen-bond donors (Lipinski definition) is 0. The van der Waals surface area contributed by atoms with Crippen LogP contribution in [0.5, 0.6) is 0 Å². The van der Waals surface area contributed by atoms with Crippen molar-refractivity contribution >= 4 is 17.1 Å². The van der Waals surface area contributed by atoms with Crippen molar-refractivity contribution in [2.45, 2.75) is 24.7 Å². The van der Waals surface area contributed by atoms with Crippen LogP contribution < -0.4 is 4.90 Å². The minimum Gasteiger partial charge on any atom is -0.310 e. The highest BCUT2D eigenvalue weighted by molar-refractivity contribution is 5.98. The molecular formula is C58H43N. The highest BCUT2D eigenvalue weighted by Crippen LogP contribution is 2.60. The maximum Gasteiger partial charge on any atom is 0.0714 e. The molecule has 280 valence electrons. The Hall–Kier alpha value is -7.22. The summed E-state index contributed by atoms with van der Waals surface area (Å²) in [6.07, 6.45) is 0. The maximum absolute atomic E-state index is 2.52. The summed E-state index contributed by atoms with van der Waals surface area (Å²) in [6, 6.07) is 83.0. The van der Waals surface area contributed by atoms with Crippen LogP contribution in [-0.4, -0.2) is 0 Å². The van der Waals surface area contributed by atoms with Gasteiger partial charge in [-0.3, -0.25) is 0 Å². The maximum atomic E-state index is 2.52. The fraction of sp³-hybridized carbons (Fsp3) is 0.0690. The van der Waals surface area contributed by atoms with Crippen molar-refractivity contribution in [3.8, 4) is 44.5 Å². The van der Waals surface area contributed by atoms with E-state index in [1.165, 1.54) is 77.9 Å². The molecule has 2 aliphatic rings. The van der Waals surface area contributed by atoms with E-state index in [0.29, 0.717) is 0 Å². The van der Waals surface area contributed by atoms with Crippen LogP contribution in [-0.2, 0) is 10.8 Å². The van der Waals surface area contributed by atoms with Gasteiger partial charge in [-0.1, -0.05) is 208 Å². The van der Waals surface area contributed by atoms with E-state index in [1.54, 1.807) is 0 Å². The van der Waals surface area contributed by atoms with Crippen LogP contribution in [0.15, 0.2) is 224 Å². The monoisotopic (exact) mass is 753 g/mol. The third-order valence-corrected chi connectivity index (χ3v) is 13.0. The fourth-order valence-electron chi connectivity index (χ4n) is 10.3. The Morgan fingerprint density at radius 3 is 1.51 bits per heavy atom. The zero-order valence-corrected chi connectivity index (χ0v) is 33.3. The lowest BCUT2D eigenvalue weighted by Gasteiger charge is -2.34. The van der Waals surface area contributed by atoms with Gasteiger partial charge >= 0.3 is 0 Å². The topological polar surface area (TPSA) is 3.24 Å². The fourth-order valence-corrected chi connectivity index (χ4v) is 10.3. The molecule has 0 aromatic heterocycles. The molecular weight excluding hydrogens is 711 g/mol. The Balaban J connectivity index is 1.19. The van der Waals surface area contributed by atoms with Gasteiger partial charge in [-0.25, -0.2) is 0 Å². The molecule has 2 aliphatic carbocycles. The van der Waals surface area contributed by atoms with Gasteiger partial charge in [0.25, 0.3) is 0 Å². The summed E-state index contributed by atoms with van der Waals surface area (Å²) >= 11 is 0. The van der Waals surface area contributed by atoms with E-state index in [1.807, 2.05) is 0 Å². The average Bonchev–Trinajstić information content (AvgIpc) is 3.73. The van der Waals surface area contributed by atoms with Crippen LogP contribution >= 0.6 is 0 Å². The second kappa shape index (κ2) is 13.7. The van der Waals surface area contributed by atoms with Crippen molar-refractivity contribution in [1.82, 2.24) is 0 Å². The first-order valence-corrected chi connectivity index (χ1v) is 20.7. The summed E-state index contributed by atoms with van der Waals surface area (Å²) in [7, 11) is 0. The van der Waals surface area contributed by atoms with Crippen LogP contribution in [0.25, 0.3) is 44.5 Å². The summed E-state index contributed by atoms with van der Waals surface area (Å²) in [5.41, 5.74) is 20.6. The van der Waals surface area contributed by atoms with Crippen LogP contribution in [0.1, 0.15) is 47.2 Å². The lowest BCUT2D eigenvalue weighted by atomic mass is 9.68. The van der Waals surface area contributed by atoms with Gasteiger partial charge in [0, 0.05) is 22.4 Å². The number of hydrogen-bond acceptors (Lipinski definition) is 1. The summed E-state index contributed by atoms with van der Waals surface area (Å²) in [5.74, 6) is 0. The molecule has 0 saturated carbocycles. The number of rotatable bonds is 7. The van der Waals surface area contributed by atoms with Gasteiger partial charge in [0.15, 0.2) is 0 Å². The van der Waals surface area contributed by atoms with Gasteiger partial charge in [0.2, 0.25) is 0 Å². The smallest absolute Gasteiger partial charge is 0.0714 e. The average molecular weight is 754 g/mol. The second-order valence-corrected chi connectivity index (χ2v) is 16.4. The molecule has 0 bridgehead atoms. The molecule has 0 spiro atoms. The number of nitrogens with zero attached hydrogens (tertiary/aromatic N) is 1. The van der Waals surface area contributed by atoms with Gasteiger partial charge in [-0.15, -0.1) is 0 Å². The Bertz CT molecular complexity index is 2970. The second-order valence-electron chi connectivity index (χ2n) is 16.4. The van der Waals surface area contributed by atoms with Crippen LogP contribution in [0.3, 0.4) is 0 Å². The molecule has 11 rings (SSSR count). The van der Waals surface area contributed by atoms with Crippen molar-refractivity contribution in [3.63, 3.8) is 0 Å². The zero-order chi connectivity index (χ0) is 39.6. The number of fused-ring (bicyclic) bond motifs is 6. The van der Waals surface area contributed by atoms with E-state index in [4.69, 9.17) is 0 Å². The van der Waals surface area contributed by atoms with Gasteiger partial charge in [0.05, 0.1) is 11.1 Å². The van der Waals surface area contributed by atoms with Gasteiger partial charge < -0.3 is 4.90 Å². The van der Waals surface area contributed by atoms with Crippen molar-refractivity contribution in [2.24, 2.45) is 0 Å². The van der Waals surface area contributed by atoms with Gasteiger partial charge in [-0.05, 0) is 103 Å². The van der Waals surface area contributed by atoms with E-state index in [-0.39, 0.29) is 5.41 Å². The van der Waals surface area contributed by atoms with Crippen molar-refractivity contribution in [2.75, 3.05) is 4.90 Å². The largest absolute Gasteiger partial charge is 0.310 e. The molecule has 1 heteroatoms. The molecule has 59 heavy (non-hydrogen) atoms. The molecule has 0 aliphatic heterocycles. The van der Waals surface area contributed by atoms with Gasteiger partial charge in [-0.2, -0.15) is 0 Å². The standard InChI is InChI=1S/C58H43N/c1-57(2)51-32-16-14-30-48(51)49-37-36-45(39-54(49)57)59(44-27-18-22-41(38-44)47-29-13-12-28-46(47)40-20-6-3-7-21-40)55-35-19-34-53-56(55)50-31-15-17-33-52(50)58(53,42-23-8-4-9-24-42)43-25-10-5-11-26-43/h3-39H,1-2H3. The minimum absolute atomic E-state index is 0.148. The van der Waals surface area contributed by atoms with E-state index >= 15 is 0 Å². The highest BCUT2D eigenvalue weighted by atomic mass is 15.1. The minimum atomic E-state index is -0.506. The van der Waals surface area contributed by atoms with E-state index in [0.717, 1.165) is 17.1 Å². The number of benzene rings is 9. The lowest BCUT2D eigenvalue weighted by molar-refractivity contribution is 0.660. The molecule has 0 heterocycles. The summed E-state index contributed by atoms with van der Waals surface area (Å²) in [4.78, 5) is 2.52. The van der Waals surface area contributed by atoms with E-state index in [2.05, 4.69) is 243 Å². The summed E-state index contributed by atoms with van der Waals surface area (Å²) in [6.45, 7) is 4.74. The van der Waals surface area contributed by atoms with Crippen molar-refractivity contribution in [1.29, 1.82) is 0 Å². The molecule has 0 amide bonds.